The summed E-state index contributed by atoms with van der Waals surface area (Å²) in [7, 11) is -2.29. The zero-order valence-electron chi connectivity index (χ0n) is 19.1. The largest absolute Gasteiger partial charge is 0.495 e. The van der Waals surface area contributed by atoms with Crippen LogP contribution in [0.4, 0.5) is 5.69 Å². The van der Waals surface area contributed by atoms with Crippen LogP contribution in [0.25, 0.3) is 11.3 Å². The van der Waals surface area contributed by atoms with Gasteiger partial charge in [0.15, 0.2) is 5.76 Å². The molecule has 0 spiro atoms. The highest BCUT2D eigenvalue weighted by atomic mass is 32.2. The zero-order valence-corrected chi connectivity index (χ0v) is 19.9. The van der Waals surface area contributed by atoms with Crippen LogP contribution in [0, 0.1) is 20.8 Å². The van der Waals surface area contributed by atoms with Crippen molar-refractivity contribution in [1.29, 1.82) is 0 Å². The molecule has 1 aliphatic rings. The molecule has 1 atom stereocenters. The normalized spacial score (nSPS) is 17.5. The van der Waals surface area contributed by atoms with Gasteiger partial charge in [-0.25, -0.2) is 8.42 Å². The van der Waals surface area contributed by atoms with E-state index in [2.05, 4.69) is 42.1 Å². The maximum absolute atomic E-state index is 13.7. The molecule has 4 rings (SSSR count). The Labute approximate surface area is 189 Å². The number of hydrogen-bond acceptors (Lipinski definition) is 6. The molecule has 1 saturated heterocycles. The molecule has 170 valence electrons. The summed E-state index contributed by atoms with van der Waals surface area (Å²) in [6.07, 6.45) is 0. The number of hydrogen-bond donors (Lipinski definition) is 0. The fourth-order valence-corrected chi connectivity index (χ4v) is 5.87. The van der Waals surface area contributed by atoms with Crippen molar-refractivity contribution >= 4 is 15.7 Å². The highest BCUT2D eigenvalue weighted by Crippen LogP contribution is 2.35. The van der Waals surface area contributed by atoms with Crippen LogP contribution in [-0.2, 0) is 10.0 Å². The number of sulfonamides is 1. The van der Waals surface area contributed by atoms with E-state index in [0.717, 1.165) is 16.9 Å². The van der Waals surface area contributed by atoms with Gasteiger partial charge in [0, 0.05) is 42.5 Å². The molecule has 0 saturated carbocycles. The highest BCUT2D eigenvalue weighted by molar-refractivity contribution is 7.89. The van der Waals surface area contributed by atoms with Crippen molar-refractivity contribution in [2.75, 3.05) is 31.6 Å². The summed E-state index contributed by atoms with van der Waals surface area (Å²) >= 11 is 0. The average Bonchev–Trinajstić information content (AvgIpc) is 3.11. The summed E-state index contributed by atoms with van der Waals surface area (Å²) in [5.74, 6) is 0.885. The first-order valence-corrected chi connectivity index (χ1v) is 12.1. The minimum Gasteiger partial charge on any atom is -0.495 e. The maximum atomic E-state index is 13.7. The van der Waals surface area contributed by atoms with Crippen molar-refractivity contribution < 1.29 is 17.7 Å². The van der Waals surface area contributed by atoms with Gasteiger partial charge in [-0.2, -0.15) is 4.31 Å². The van der Waals surface area contributed by atoms with E-state index in [4.69, 9.17) is 9.26 Å². The second kappa shape index (κ2) is 8.60. The van der Waals surface area contributed by atoms with Crippen LogP contribution in [0.1, 0.15) is 23.7 Å². The van der Waals surface area contributed by atoms with Crippen molar-refractivity contribution in [2.24, 2.45) is 0 Å². The van der Waals surface area contributed by atoms with Crippen LogP contribution in [0.2, 0.25) is 0 Å². The van der Waals surface area contributed by atoms with Crippen molar-refractivity contribution in [2.45, 2.75) is 38.6 Å². The van der Waals surface area contributed by atoms with E-state index in [1.165, 1.54) is 12.7 Å². The molecule has 2 heterocycles. The van der Waals surface area contributed by atoms with Crippen LogP contribution < -0.4 is 9.64 Å². The molecule has 0 amide bonds. The van der Waals surface area contributed by atoms with E-state index in [0.29, 0.717) is 36.7 Å². The van der Waals surface area contributed by atoms with E-state index >= 15 is 0 Å². The predicted molar refractivity (Wildman–Crippen MR) is 125 cm³/mol. The van der Waals surface area contributed by atoms with Crippen molar-refractivity contribution in [3.05, 3.63) is 59.3 Å². The third-order valence-electron chi connectivity index (χ3n) is 6.12. The molecule has 1 unspecified atom stereocenters. The molecule has 7 nitrogen and oxygen atoms in total. The Morgan fingerprint density at radius 1 is 1.09 bits per heavy atom. The molecule has 1 fully saturated rings. The topological polar surface area (TPSA) is 75.9 Å². The van der Waals surface area contributed by atoms with Gasteiger partial charge in [-0.05, 0) is 63.6 Å². The van der Waals surface area contributed by atoms with Crippen molar-refractivity contribution in [1.82, 2.24) is 9.46 Å². The summed E-state index contributed by atoms with van der Waals surface area (Å²) in [5, 5.41) is 4.00. The molecule has 0 radical (unpaired) electrons. The van der Waals surface area contributed by atoms with Crippen molar-refractivity contribution in [3.8, 4) is 17.1 Å². The molecule has 0 N–H and O–H groups in total. The number of aromatic nitrogens is 1. The van der Waals surface area contributed by atoms with Crippen LogP contribution >= 0.6 is 0 Å². The summed E-state index contributed by atoms with van der Waals surface area (Å²) in [5.41, 5.74) is 4.63. The second-order valence-corrected chi connectivity index (χ2v) is 10.2. The third-order valence-corrected chi connectivity index (χ3v) is 8.01. The Kier molecular flexibility index (Phi) is 6.01. The fraction of sp³-hybridized carbons (Fsp3) is 0.375. The second-order valence-electron chi connectivity index (χ2n) is 8.33. The van der Waals surface area contributed by atoms with Crippen molar-refractivity contribution in [3.63, 3.8) is 0 Å². The standard InChI is InChI=1S/C24H29N3O4S/c1-16-7-6-8-21(13-16)27-12-11-26(15-17(27)2)32(28,29)23-14-20(9-10-22(23)30-5)24-18(3)19(4)25-31-24/h6-10,13-14,17H,11-12,15H2,1-5H3. The van der Waals surface area contributed by atoms with E-state index in [1.54, 1.807) is 22.5 Å². The number of ether oxygens (including phenoxy) is 1. The van der Waals surface area contributed by atoms with Crippen LogP contribution in [0.5, 0.6) is 5.75 Å². The number of nitrogens with zero attached hydrogens (tertiary/aromatic N) is 3. The van der Waals surface area contributed by atoms with E-state index in [1.807, 2.05) is 19.9 Å². The van der Waals surface area contributed by atoms with Gasteiger partial charge in [0.2, 0.25) is 10.0 Å². The third kappa shape index (κ3) is 4.00. The van der Waals surface area contributed by atoms with E-state index in [-0.39, 0.29) is 10.9 Å². The van der Waals surface area contributed by atoms with Gasteiger partial charge in [-0.15, -0.1) is 0 Å². The summed E-state index contributed by atoms with van der Waals surface area (Å²) < 4.78 is 39.7. The molecule has 1 aromatic heterocycles. The zero-order chi connectivity index (χ0) is 23.0. The van der Waals surface area contributed by atoms with Gasteiger partial charge in [0.1, 0.15) is 10.6 Å². The Bertz CT molecular complexity index is 1240. The SMILES string of the molecule is COc1ccc(-c2onc(C)c2C)cc1S(=O)(=O)N1CCN(c2cccc(C)c2)C(C)C1. The van der Waals surface area contributed by atoms with Gasteiger partial charge in [0.05, 0.1) is 12.8 Å². The van der Waals surface area contributed by atoms with Gasteiger partial charge >= 0.3 is 0 Å². The van der Waals surface area contributed by atoms with E-state index in [9.17, 15) is 8.42 Å². The van der Waals surface area contributed by atoms with Gasteiger partial charge in [-0.3, -0.25) is 0 Å². The Balaban J connectivity index is 1.65. The minimum atomic E-state index is -3.77. The highest BCUT2D eigenvalue weighted by Gasteiger charge is 2.34. The van der Waals surface area contributed by atoms with E-state index < -0.39 is 10.0 Å². The first kappa shape index (κ1) is 22.4. The average molecular weight is 456 g/mol. The molecule has 3 aromatic rings. The molecule has 2 aromatic carbocycles. The van der Waals surface area contributed by atoms with Gasteiger partial charge in [0.25, 0.3) is 0 Å². The number of piperazine rings is 1. The lowest BCUT2D eigenvalue weighted by Crippen LogP contribution is -2.53. The fourth-order valence-electron chi connectivity index (χ4n) is 4.18. The van der Waals surface area contributed by atoms with Crippen LogP contribution in [0.15, 0.2) is 51.9 Å². The van der Waals surface area contributed by atoms with Crippen LogP contribution in [0.3, 0.4) is 0 Å². The summed E-state index contributed by atoms with van der Waals surface area (Å²) in [4.78, 5) is 2.40. The van der Waals surface area contributed by atoms with Gasteiger partial charge < -0.3 is 14.2 Å². The lowest BCUT2D eigenvalue weighted by atomic mass is 10.1. The monoisotopic (exact) mass is 455 g/mol. The Hall–Kier alpha value is -2.84. The predicted octanol–water partition coefficient (Wildman–Crippen LogP) is 4.17. The molecule has 1 aliphatic heterocycles. The van der Waals surface area contributed by atoms with Gasteiger partial charge in [-0.1, -0.05) is 17.3 Å². The quantitative estimate of drug-likeness (QED) is 0.575. The first-order valence-electron chi connectivity index (χ1n) is 10.7. The molecular formula is C24H29N3O4S. The molecule has 0 bridgehead atoms. The number of aryl methyl sites for hydroxylation is 2. The maximum Gasteiger partial charge on any atom is 0.246 e. The number of anilines is 1. The molecule has 32 heavy (non-hydrogen) atoms. The molecule has 8 heteroatoms. The first-order chi connectivity index (χ1) is 15.2. The molecule has 0 aliphatic carbocycles. The summed E-state index contributed by atoms with van der Waals surface area (Å²) in [6, 6.07) is 13.4. The number of methoxy groups -OCH3 is 1. The number of benzene rings is 2. The summed E-state index contributed by atoms with van der Waals surface area (Å²) in [6.45, 7) is 9.29. The lowest BCUT2D eigenvalue weighted by molar-refractivity contribution is 0.339. The molecular weight excluding hydrogens is 426 g/mol. The Morgan fingerprint density at radius 2 is 1.88 bits per heavy atom. The number of rotatable bonds is 5. The Morgan fingerprint density at radius 3 is 2.50 bits per heavy atom. The van der Waals surface area contributed by atoms with Crippen LogP contribution in [-0.4, -0.2) is 50.7 Å². The minimum absolute atomic E-state index is 0.0358. The lowest BCUT2D eigenvalue weighted by Gasteiger charge is -2.40. The smallest absolute Gasteiger partial charge is 0.246 e.